The number of carbonyl (C=O) groups is 1. The van der Waals surface area contributed by atoms with Crippen molar-refractivity contribution in [1.82, 2.24) is 4.90 Å². The molecule has 2 saturated heterocycles. The average molecular weight is 241 g/mol. The van der Waals surface area contributed by atoms with E-state index in [0.29, 0.717) is 18.4 Å². The largest absolute Gasteiger partial charge is 0.396 e. The Kier molecular flexibility index (Phi) is 4.80. The Morgan fingerprint density at radius 2 is 2.24 bits per heavy atom. The first-order chi connectivity index (χ1) is 8.29. The van der Waals surface area contributed by atoms with Crippen molar-refractivity contribution in [3.05, 3.63) is 0 Å². The summed E-state index contributed by atoms with van der Waals surface area (Å²) in [5, 5.41) is 9.04. The van der Waals surface area contributed by atoms with Crippen molar-refractivity contribution in [2.75, 3.05) is 26.3 Å². The van der Waals surface area contributed by atoms with Gasteiger partial charge in [0.05, 0.1) is 6.10 Å². The quantitative estimate of drug-likeness (QED) is 0.804. The van der Waals surface area contributed by atoms with Crippen molar-refractivity contribution in [3.63, 3.8) is 0 Å². The van der Waals surface area contributed by atoms with E-state index in [9.17, 15) is 4.79 Å². The molecule has 0 aliphatic carbocycles. The lowest BCUT2D eigenvalue weighted by Crippen LogP contribution is -2.30. The van der Waals surface area contributed by atoms with E-state index in [1.165, 1.54) is 6.42 Å². The van der Waals surface area contributed by atoms with Crippen LogP contribution in [0.3, 0.4) is 0 Å². The zero-order valence-corrected chi connectivity index (χ0v) is 10.4. The zero-order chi connectivity index (χ0) is 12.1. The summed E-state index contributed by atoms with van der Waals surface area (Å²) in [6.45, 7) is 2.61. The van der Waals surface area contributed by atoms with E-state index in [-0.39, 0.29) is 12.5 Å². The monoisotopic (exact) mass is 241 g/mol. The van der Waals surface area contributed by atoms with Crippen molar-refractivity contribution in [3.8, 4) is 0 Å². The van der Waals surface area contributed by atoms with Gasteiger partial charge in [0, 0.05) is 38.6 Å². The molecule has 2 aliphatic rings. The molecule has 98 valence electrons. The van der Waals surface area contributed by atoms with Gasteiger partial charge in [-0.05, 0) is 32.1 Å². The third kappa shape index (κ3) is 3.68. The van der Waals surface area contributed by atoms with Crippen molar-refractivity contribution < 1.29 is 14.6 Å². The summed E-state index contributed by atoms with van der Waals surface area (Å²) in [7, 11) is 0. The molecule has 4 heteroatoms. The maximum atomic E-state index is 11.9. The predicted molar refractivity (Wildman–Crippen MR) is 64.6 cm³/mol. The minimum atomic E-state index is 0.204. The van der Waals surface area contributed by atoms with E-state index in [4.69, 9.17) is 9.84 Å². The number of nitrogens with zero attached hydrogens (tertiary/aromatic N) is 1. The second kappa shape index (κ2) is 6.36. The third-order valence-corrected chi connectivity index (χ3v) is 3.85. The number of hydrogen-bond acceptors (Lipinski definition) is 3. The normalized spacial score (nSPS) is 29.6. The molecule has 0 spiro atoms. The summed E-state index contributed by atoms with van der Waals surface area (Å²) in [5.41, 5.74) is 0. The molecule has 0 aromatic heterocycles. The number of aliphatic hydroxyl groups is 1. The molecule has 2 fully saturated rings. The van der Waals surface area contributed by atoms with Gasteiger partial charge in [-0.1, -0.05) is 0 Å². The minimum absolute atomic E-state index is 0.204. The van der Waals surface area contributed by atoms with E-state index in [2.05, 4.69) is 0 Å². The predicted octanol–water partition coefficient (Wildman–Crippen LogP) is 1.18. The maximum Gasteiger partial charge on any atom is 0.222 e. The molecule has 0 aromatic rings. The van der Waals surface area contributed by atoms with Gasteiger partial charge in [-0.25, -0.2) is 0 Å². The highest BCUT2D eigenvalue weighted by Crippen LogP contribution is 2.20. The van der Waals surface area contributed by atoms with Crippen LogP contribution in [0, 0.1) is 5.92 Å². The summed E-state index contributed by atoms with van der Waals surface area (Å²) in [6, 6.07) is 0. The van der Waals surface area contributed by atoms with Gasteiger partial charge in [-0.2, -0.15) is 0 Å². The van der Waals surface area contributed by atoms with Gasteiger partial charge in [0.15, 0.2) is 0 Å². The number of likely N-dealkylation sites (tertiary alicyclic amines) is 1. The maximum absolute atomic E-state index is 11.9. The molecule has 0 aromatic carbocycles. The number of hydrogen-bond donors (Lipinski definition) is 1. The van der Waals surface area contributed by atoms with Crippen LogP contribution in [0.25, 0.3) is 0 Å². The van der Waals surface area contributed by atoms with Crippen LogP contribution in [0.15, 0.2) is 0 Å². The highest BCUT2D eigenvalue weighted by molar-refractivity contribution is 5.76. The van der Waals surface area contributed by atoms with Gasteiger partial charge in [0.2, 0.25) is 5.91 Å². The molecule has 2 unspecified atom stereocenters. The van der Waals surface area contributed by atoms with E-state index >= 15 is 0 Å². The molecular weight excluding hydrogens is 218 g/mol. The molecular formula is C13H23NO3. The Hall–Kier alpha value is -0.610. The van der Waals surface area contributed by atoms with Crippen LogP contribution in [0.2, 0.25) is 0 Å². The average Bonchev–Trinajstić information content (AvgIpc) is 2.86. The van der Waals surface area contributed by atoms with E-state index in [0.717, 1.165) is 45.4 Å². The smallest absolute Gasteiger partial charge is 0.222 e. The van der Waals surface area contributed by atoms with Gasteiger partial charge in [-0.3, -0.25) is 4.79 Å². The van der Waals surface area contributed by atoms with Crippen molar-refractivity contribution >= 4 is 5.91 Å². The number of amides is 1. The molecule has 1 amide bonds. The standard InChI is InChI=1S/C13H23NO3/c15-10-11-6-7-14(9-11)13(16)5-4-12-3-1-2-8-17-12/h11-12,15H,1-10H2. The molecule has 0 radical (unpaired) electrons. The van der Waals surface area contributed by atoms with Crippen LogP contribution in [-0.2, 0) is 9.53 Å². The van der Waals surface area contributed by atoms with Gasteiger partial charge in [0.25, 0.3) is 0 Å². The van der Waals surface area contributed by atoms with Crippen LogP contribution in [-0.4, -0.2) is 48.3 Å². The SMILES string of the molecule is O=C(CCC1CCCCO1)N1CCC(CO)C1. The third-order valence-electron chi connectivity index (χ3n) is 3.85. The Morgan fingerprint density at radius 1 is 1.35 bits per heavy atom. The van der Waals surface area contributed by atoms with Crippen LogP contribution < -0.4 is 0 Å². The van der Waals surface area contributed by atoms with Gasteiger partial charge >= 0.3 is 0 Å². The van der Waals surface area contributed by atoms with Gasteiger partial charge < -0.3 is 14.7 Å². The van der Waals surface area contributed by atoms with Crippen molar-refractivity contribution in [2.24, 2.45) is 5.92 Å². The van der Waals surface area contributed by atoms with Gasteiger partial charge in [0.1, 0.15) is 0 Å². The number of carbonyl (C=O) groups excluding carboxylic acids is 1. The second-order valence-corrected chi connectivity index (χ2v) is 5.20. The van der Waals surface area contributed by atoms with Gasteiger partial charge in [-0.15, -0.1) is 0 Å². The number of rotatable bonds is 4. The fourth-order valence-corrected chi connectivity index (χ4v) is 2.69. The highest BCUT2D eigenvalue weighted by atomic mass is 16.5. The van der Waals surface area contributed by atoms with Crippen LogP contribution in [0.4, 0.5) is 0 Å². The highest BCUT2D eigenvalue weighted by Gasteiger charge is 2.26. The first-order valence-electron chi connectivity index (χ1n) is 6.80. The molecule has 0 saturated carbocycles. The van der Waals surface area contributed by atoms with E-state index in [1.807, 2.05) is 4.90 Å². The minimum Gasteiger partial charge on any atom is -0.396 e. The Balaban J connectivity index is 1.66. The summed E-state index contributed by atoms with van der Waals surface area (Å²) < 4.78 is 5.62. The van der Waals surface area contributed by atoms with Crippen molar-refractivity contribution in [2.45, 2.75) is 44.6 Å². The summed E-state index contributed by atoms with van der Waals surface area (Å²) in [5.74, 6) is 0.528. The first kappa shape index (κ1) is 12.8. The Morgan fingerprint density at radius 3 is 2.88 bits per heavy atom. The second-order valence-electron chi connectivity index (χ2n) is 5.20. The number of ether oxygens (including phenoxy) is 1. The number of aliphatic hydroxyl groups excluding tert-OH is 1. The van der Waals surface area contributed by atoms with E-state index < -0.39 is 0 Å². The zero-order valence-electron chi connectivity index (χ0n) is 10.4. The lowest BCUT2D eigenvalue weighted by molar-refractivity contribution is -0.131. The first-order valence-corrected chi connectivity index (χ1v) is 6.80. The molecule has 2 aliphatic heterocycles. The molecule has 4 nitrogen and oxygen atoms in total. The Labute approximate surface area is 103 Å². The lowest BCUT2D eigenvalue weighted by atomic mass is 10.0. The van der Waals surface area contributed by atoms with Crippen LogP contribution >= 0.6 is 0 Å². The lowest BCUT2D eigenvalue weighted by Gasteiger charge is -2.23. The van der Waals surface area contributed by atoms with Crippen molar-refractivity contribution in [1.29, 1.82) is 0 Å². The summed E-state index contributed by atoms with van der Waals surface area (Å²) in [4.78, 5) is 13.8. The summed E-state index contributed by atoms with van der Waals surface area (Å²) >= 11 is 0. The topological polar surface area (TPSA) is 49.8 Å². The van der Waals surface area contributed by atoms with Crippen LogP contribution in [0.1, 0.15) is 38.5 Å². The Bertz CT molecular complexity index is 251. The molecule has 2 atom stereocenters. The van der Waals surface area contributed by atoms with Crippen LogP contribution in [0.5, 0.6) is 0 Å². The summed E-state index contributed by atoms with van der Waals surface area (Å²) in [6.07, 6.45) is 6.20. The molecule has 2 heterocycles. The molecule has 17 heavy (non-hydrogen) atoms. The molecule has 1 N–H and O–H groups in total. The fourth-order valence-electron chi connectivity index (χ4n) is 2.69. The van der Waals surface area contributed by atoms with E-state index in [1.54, 1.807) is 0 Å². The molecule has 2 rings (SSSR count). The molecule has 0 bridgehead atoms. The fraction of sp³-hybridized carbons (Fsp3) is 0.923.